The van der Waals surface area contributed by atoms with Crippen molar-refractivity contribution in [3.05, 3.63) is 0 Å². The van der Waals surface area contributed by atoms with Crippen molar-refractivity contribution in [3.8, 4) is 0 Å². The van der Waals surface area contributed by atoms with Crippen molar-refractivity contribution in [2.24, 2.45) is 21.9 Å². The molecule has 3 nitrogen and oxygen atoms in total. The van der Waals surface area contributed by atoms with Crippen molar-refractivity contribution in [1.82, 2.24) is 0 Å². The molecule has 1 unspecified atom stereocenters. The predicted octanol–water partition coefficient (Wildman–Crippen LogP) is 1.47. The highest BCUT2D eigenvalue weighted by Gasteiger charge is 2.18. The maximum atomic E-state index is 5.28. The number of aliphatic imine (C=N–C) groups is 1. The molecule has 0 aliphatic heterocycles. The number of hydrogen-bond donors (Lipinski definition) is 2. The van der Waals surface area contributed by atoms with E-state index >= 15 is 0 Å². The average Bonchev–Trinajstić information content (AvgIpc) is 1.84. The molecule has 0 spiro atoms. The first-order valence-corrected chi connectivity index (χ1v) is 4.46. The van der Waals surface area contributed by atoms with Gasteiger partial charge in [-0.3, -0.25) is 4.99 Å². The number of hydrogen-bond acceptors (Lipinski definition) is 1. The third kappa shape index (κ3) is 4.99. The molecule has 0 amide bonds. The lowest BCUT2D eigenvalue weighted by atomic mass is 9.84. The van der Waals surface area contributed by atoms with Gasteiger partial charge in [0.1, 0.15) is 0 Å². The van der Waals surface area contributed by atoms with Crippen molar-refractivity contribution in [2.75, 3.05) is 0 Å². The summed E-state index contributed by atoms with van der Waals surface area (Å²) in [6.45, 7) is 8.68. The van der Waals surface area contributed by atoms with Crippen molar-refractivity contribution < 1.29 is 0 Å². The molecule has 0 aromatic carbocycles. The Hall–Kier alpha value is -0.730. The first-order valence-electron chi connectivity index (χ1n) is 4.46. The Morgan fingerprint density at radius 1 is 1.42 bits per heavy atom. The summed E-state index contributed by atoms with van der Waals surface area (Å²) in [4.78, 5) is 4.08. The Kier molecular flexibility index (Phi) is 4.07. The first kappa shape index (κ1) is 11.3. The maximum absolute atomic E-state index is 5.28. The molecule has 0 saturated heterocycles. The molecule has 1 atom stereocenters. The Balaban J connectivity index is 4.00. The van der Waals surface area contributed by atoms with Crippen LogP contribution in [-0.2, 0) is 0 Å². The van der Waals surface area contributed by atoms with E-state index in [2.05, 4.69) is 25.8 Å². The summed E-state index contributed by atoms with van der Waals surface area (Å²) in [6.07, 6.45) is 2.18. The maximum Gasteiger partial charge on any atom is 0.186 e. The van der Waals surface area contributed by atoms with Crippen molar-refractivity contribution >= 4 is 5.96 Å². The smallest absolute Gasteiger partial charge is 0.186 e. The fourth-order valence-electron chi connectivity index (χ4n) is 1.24. The molecule has 0 radical (unpaired) electrons. The van der Waals surface area contributed by atoms with Gasteiger partial charge in [-0.05, 0) is 18.8 Å². The summed E-state index contributed by atoms with van der Waals surface area (Å²) < 4.78 is 0. The van der Waals surface area contributed by atoms with Crippen LogP contribution in [0, 0.1) is 5.41 Å². The van der Waals surface area contributed by atoms with E-state index < -0.39 is 0 Å². The van der Waals surface area contributed by atoms with Gasteiger partial charge in [0.05, 0.1) is 6.04 Å². The monoisotopic (exact) mass is 171 g/mol. The number of rotatable bonds is 4. The van der Waals surface area contributed by atoms with Crippen molar-refractivity contribution in [3.63, 3.8) is 0 Å². The number of guanidine groups is 1. The molecule has 0 bridgehead atoms. The van der Waals surface area contributed by atoms with E-state index in [9.17, 15) is 0 Å². The fraction of sp³-hybridized carbons (Fsp3) is 0.889. The Labute approximate surface area is 75.2 Å². The van der Waals surface area contributed by atoms with E-state index in [-0.39, 0.29) is 12.0 Å². The third-order valence-corrected chi connectivity index (χ3v) is 2.17. The Morgan fingerprint density at radius 2 is 1.92 bits per heavy atom. The van der Waals surface area contributed by atoms with Gasteiger partial charge in [-0.25, -0.2) is 0 Å². The van der Waals surface area contributed by atoms with Crippen LogP contribution in [0.4, 0.5) is 0 Å². The number of nitrogens with two attached hydrogens (primary N) is 2. The van der Waals surface area contributed by atoms with Crippen LogP contribution in [-0.4, -0.2) is 12.0 Å². The standard InChI is InChI=1S/C9H21N3/c1-5-9(3,4)6-7(2)12-8(10)11/h7H,5-6H2,1-4H3,(H4,10,11,12). The largest absolute Gasteiger partial charge is 0.370 e. The van der Waals surface area contributed by atoms with Gasteiger partial charge < -0.3 is 11.5 Å². The highest BCUT2D eigenvalue weighted by atomic mass is 15.0. The zero-order valence-electron chi connectivity index (χ0n) is 8.59. The molecule has 4 N–H and O–H groups in total. The molecular weight excluding hydrogens is 150 g/mol. The minimum absolute atomic E-state index is 0.189. The average molecular weight is 171 g/mol. The van der Waals surface area contributed by atoms with E-state index in [1.807, 2.05) is 6.92 Å². The van der Waals surface area contributed by atoms with Crippen LogP contribution in [0.5, 0.6) is 0 Å². The minimum atomic E-state index is 0.189. The summed E-state index contributed by atoms with van der Waals surface area (Å²) in [5.41, 5.74) is 10.9. The van der Waals surface area contributed by atoms with E-state index in [0.717, 1.165) is 12.8 Å². The number of nitrogens with zero attached hydrogens (tertiary/aromatic N) is 1. The Bertz CT molecular complexity index is 157. The van der Waals surface area contributed by atoms with Crippen LogP contribution in [0.25, 0.3) is 0 Å². The van der Waals surface area contributed by atoms with Crippen molar-refractivity contribution in [2.45, 2.75) is 46.6 Å². The topological polar surface area (TPSA) is 64.4 Å². The quantitative estimate of drug-likeness (QED) is 0.497. The molecule has 3 heteroatoms. The molecule has 0 heterocycles. The second kappa shape index (κ2) is 4.33. The predicted molar refractivity (Wildman–Crippen MR) is 54.0 cm³/mol. The lowest BCUT2D eigenvalue weighted by molar-refractivity contribution is 0.301. The molecule has 0 aliphatic carbocycles. The molecule has 0 rings (SSSR count). The van der Waals surface area contributed by atoms with Gasteiger partial charge >= 0.3 is 0 Å². The lowest BCUT2D eigenvalue weighted by Gasteiger charge is -2.24. The first-order chi connectivity index (χ1) is 5.37. The van der Waals surface area contributed by atoms with Gasteiger partial charge in [0.25, 0.3) is 0 Å². The van der Waals surface area contributed by atoms with E-state index in [1.165, 1.54) is 0 Å². The van der Waals surface area contributed by atoms with E-state index in [0.29, 0.717) is 5.41 Å². The van der Waals surface area contributed by atoms with Crippen LogP contribution in [0.1, 0.15) is 40.5 Å². The SMILES string of the molecule is CCC(C)(C)CC(C)N=C(N)N. The molecule has 0 aliphatic rings. The zero-order valence-corrected chi connectivity index (χ0v) is 8.59. The lowest BCUT2D eigenvalue weighted by Crippen LogP contribution is -2.26. The Morgan fingerprint density at radius 3 is 2.25 bits per heavy atom. The second-order valence-electron chi connectivity index (χ2n) is 4.12. The summed E-state index contributed by atoms with van der Waals surface area (Å²) in [6, 6.07) is 0.227. The molecule has 0 saturated carbocycles. The van der Waals surface area contributed by atoms with Crippen LogP contribution in [0.15, 0.2) is 4.99 Å². The fourth-order valence-corrected chi connectivity index (χ4v) is 1.24. The molecular formula is C9H21N3. The third-order valence-electron chi connectivity index (χ3n) is 2.17. The molecule has 12 heavy (non-hydrogen) atoms. The molecule has 72 valence electrons. The van der Waals surface area contributed by atoms with E-state index in [4.69, 9.17) is 11.5 Å². The van der Waals surface area contributed by atoms with Gasteiger partial charge in [0.15, 0.2) is 5.96 Å². The van der Waals surface area contributed by atoms with Crippen molar-refractivity contribution in [1.29, 1.82) is 0 Å². The van der Waals surface area contributed by atoms with Gasteiger partial charge in [-0.15, -0.1) is 0 Å². The molecule has 0 fully saturated rings. The molecule has 0 aromatic rings. The van der Waals surface area contributed by atoms with Gasteiger partial charge in [0, 0.05) is 0 Å². The van der Waals surface area contributed by atoms with Crippen LogP contribution in [0.3, 0.4) is 0 Å². The summed E-state index contributed by atoms with van der Waals surface area (Å²) in [5, 5.41) is 0. The van der Waals surface area contributed by atoms with Crippen LogP contribution in [0.2, 0.25) is 0 Å². The van der Waals surface area contributed by atoms with Gasteiger partial charge in [-0.1, -0.05) is 27.2 Å². The zero-order chi connectivity index (χ0) is 9.78. The summed E-state index contributed by atoms with van der Waals surface area (Å²) in [5.74, 6) is 0.189. The second-order valence-corrected chi connectivity index (χ2v) is 4.12. The van der Waals surface area contributed by atoms with Gasteiger partial charge in [0.2, 0.25) is 0 Å². The van der Waals surface area contributed by atoms with E-state index in [1.54, 1.807) is 0 Å². The summed E-state index contributed by atoms with van der Waals surface area (Å²) >= 11 is 0. The van der Waals surface area contributed by atoms with Crippen LogP contribution >= 0.6 is 0 Å². The van der Waals surface area contributed by atoms with Crippen LogP contribution < -0.4 is 11.5 Å². The normalized spacial score (nSPS) is 14.0. The molecule has 0 aromatic heterocycles. The summed E-state index contributed by atoms with van der Waals surface area (Å²) in [7, 11) is 0. The highest BCUT2D eigenvalue weighted by Crippen LogP contribution is 2.26. The van der Waals surface area contributed by atoms with Gasteiger partial charge in [-0.2, -0.15) is 0 Å². The minimum Gasteiger partial charge on any atom is -0.370 e. The highest BCUT2D eigenvalue weighted by molar-refractivity contribution is 5.75.